The van der Waals surface area contributed by atoms with Crippen LogP contribution in [0.5, 0.6) is 0 Å². The predicted molar refractivity (Wildman–Crippen MR) is 189 cm³/mol. The van der Waals surface area contributed by atoms with Gasteiger partial charge in [0.1, 0.15) is 0 Å². The summed E-state index contributed by atoms with van der Waals surface area (Å²) >= 11 is 0. The van der Waals surface area contributed by atoms with Crippen LogP contribution in [0.15, 0.2) is 85.2 Å². The average molecular weight is 611 g/mol. The van der Waals surface area contributed by atoms with E-state index in [2.05, 4.69) is 122 Å². The molecule has 2 aliphatic heterocycles. The normalized spacial score (nSPS) is 18.4. The molecule has 0 saturated carbocycles. The number of nitrogens with zero attached hydrogens (tertiary/aromatic N) is 2. The number of pyridine rings is 1. The van der Waals surface area contributed by atoms with Crippen molar-refractivity contribution in [1.82, 2.24) is 20.2 Å². The molecule has 2 N–H and O–H groups in total. The summed E-state index contributed by atoms with van der Waals surface area (Å²) in [6.45, 7) is 12.5. The van der Waals surface area contributed by atoms with E-state index in [0.29, 0.717) is 12.1 Å². The molecule has 2 aromatic heterocycles. The largest absolute Gasteiger partial charge is 0.354 e. The van der Waals surface area contributed by atoms with Crippen molar-refractivity contribution in [1.29, 1.82) is 0 Å². The number of carbonyl (C=O) groups is 1. The van der Waals surface area contributed by atoms with E-state index < -0.39 is 5.41 Å². The zero-order valence-corrected chi connectivity index (χ0v) is 27.9. The van der Waals surface area contributed by atoms with Crippen molar-refractivity contribution in [2.45, 2.75) is 90.3 Å². The van der Waals surface area contributed by atoms with E-state index in [0.717, 1.165) is 55.4 Å². The molecule has 1 atom stereocenters. The number of hydrogen-bond donors (Lipinski definition) is 2. The number of H-pyrrole nitrogens is 1. The molecule has 5 aromatic rings. The minimum atomic E-state index is -0.586. The zero-order valence-electron chi connectivity index (χ0n) is 27.9. The number of hydrogen-bond acceptors (Lipinski definition) is 3. The Bertz CT molecular complexity index is 1830. The fraction of sp³-hybridized carbons (Fsp3) is 0.366. The summed E-state index contributed by atoms with van der Waals surface area (Å²) in [5.41, 5.74) is 11.4. The Morgan fingerprint density at radius 2 is 1.61 bits per heavy atom. The second-order valence-electron chi connectivity index (χ2n) is 14.3. The van der Waals surface area contributed by atoms with Crippen molar-refractivity contribution >= 4 is 16.8 Å². The third kappa shape index (κ3) is 5.66. The summed E-state index contributed by atoms with van der Waals surface area (Å²) in [7, 11) is 0. The van der Waals surface area contributed by atoms with Crippen LogP contribution in [0.25, 0.3) is 33.3 Å². The van der Waals surface area contributed by atoms with Crippen LogP contribution in [0.3, 0.4) is 0 Å². The minimum absolute atomic E-state index is 0.239. The van der Waals surface area contributed by atoms with E-state index >= 15 is 0 Å². The molecule has 5 nitrogen and oxygen atoms in total. The molecule has 2 bridgehead atoms. The van der Waals surface area contributed by atoms with Crippen LogP contribution >= 0.6 is 0 Å². The van der Waals surface area contributed by atoms with E-state index in [1.165, 1.54) is 44.5 Å². The number of rotatable bonds is 9. The lowest BCUT2D eigenvalue weighted by Gasteiger charge is -2.33. The topological polar surface area (TPSA) is 61.0 Å². The van der Waals surface area contributed by atoms with Crippen molar-refractivity contribution in [3.8, 4) is 22.4 Å². The molecule has 2 aliphatic rings. The Labute approximate surface area is 273 Å². The third-order valence-corrected chi connectivity index (χ3v) is 10.5. The fourth-order valence-corrected chi connectivity index (χ4v) is 8.03. The molecular weight excluding hydrogens is 564 g/mol. The lowest BCUT2D eigenvalue weighted by Crippen LogP contribution is -2.45. The maximum absolute atomic E-state index is 14.1. The molecular formula is C41H46N4O. The Balaban J connectivity index is 1.18. The standard InChI is InChI=1S/C41H46N4O/c1-26-19-27(2)21-32(20-26)39-38(28(3)23-43-24-29-8-10-30(11-9-29)31-7-6-18-42-25-31)36-22-33(12-17-37(36)44-39)41(4,5)40(46)45-34-13-14-35(45)16-15-34/h6-12,17-22,25,28,34-35,43-44H,13-16,23-24H2,1-5H3. The summed E-state index contributed by atoms with van der Waals surface area (Å²) in [4.78, 5) is 24.4. The van der Waals surface area contributed by atoms with Gasteiger partial charge in [0, 0.05) is 48.5 Å². The van der Waals surface area contributed by atoms with Crippen LogP contribution in [-0.4, -0.2) is 39.4 Å². The highest BCUT2D eigenvalue weighted by molar-refractivity contribution is 5.95. The van der Waals surface area contributed by atoms with Crippen LogP contribution in [-0.2, 0) is 16.8 Å². The Kier molecular flexibility index (Phi) is 8.06. The van der Waals surface area contributed by atoms with Gasteiger partial charge in [0.15, 0.2) is 0 Å². The number of nitrogens with one attached hydrogen (secondary N) is 2. The summed E-state index contributed by atoms with van der Waals surface area (Å²) in [6, 6.07) is 27.1. The van der Waals surface area contributed by atoms with Gasteiger partial charge in [-0.25, -0.2) is 0 Å². The average Bonchev–Trinajstić information content (AvgIpc) is 3.77. The highest BCUT2D eigenvalue weighted by Crippen LogP contribution is 2.43. The van der Waals surface area contributed by atoms with E-state index in [1.54, 1.807) is 6.20 Å². The third-order valence-electron chi connectivity index (χ3n) is 10.5. The molecule has 3 aromatic carbocycles. The van der Waals surface area contributed by atoms with Crippen molar-refractivity contribution in [3.05, 3.63) is 113 Å². The Morgan fingerprint density at radius 3 is 2.26 bits per heavy atom. The molecule has 5 heteroatoms. The van der Waals surface area contributed by atoms with Crippen LogP contribution in [0.4, 0.5) is 0 Å². The molecule has 236 valence electrons. The van der Waals surface area contributed by atoms with Gasteiger partial charge in [-0.15, -0.1) is 0 Å². The van der Waals surface area contributed by atoms with Crippen LogP contribution < -0.4 is 5.32 Å². The van der Waals surface area contributed by atoms with Crippen molar-refractivity contribution in [3.63, 3.8) is 0 Å². The Hall–Kier alpha value is -4.22. The first-order chi connectivity index (χ1) is 22.2. The maximum Gasteiger partial charge on any atom is 0.233 e. The number of amides is 1. The molecule has 46 heavy (non-hydrogen) atoms. The van der Waals surface area contributed by atoms with Crippen LogP contribution in [0.1, 0.15) is 80.2 Å². The maximum atomic E-state index is 14.1. The summed E-state index contributed by atoms with van der Waals surface area (Å²) in [5.74, 6) is 0.524. The molecule has 1 unspecified atom stereocenters. The quantitative estimate of drug-likeness (QED) is 0.175. The minimum Gasteiger partial charge on any atom is -0.354 e. The van der Waals surface area contributed by atoms with E-state index in [1.807, 2.05) is 12.3 Å². The molecule has 2 fully saturated rings. The summed E-state index contributed by atoms with van der Waals surface area (Å²) in [5, 5.41) is 4.96. The van der Waals surface area contributed by atoms with Gasteiger partial charge >= 0.3 is 0 Å². The number of aromatic nitrogens is 2. The zero-order chi connectivity index (χ0) is 32.0. The second kappa shape index (κ2) is 12.2. The van der Waals surface area contributed by atoms with Gasteiger partial charge in [-0.3, -0.25) is 9.78 Å². The molecule has 1 amide bonds. The first-order valence-corrected chi connectivity index (χ1v) is 17.0. The monoisotopic (exact) mass is 610 g/mol. The van der Waals surface area contributed by atoms with Gasteiger partial charge < -0.3 is 15.2 Å². The van der Waals surface area contributed by atoms with Gasteiger partial charge in [-0.1, -0.05) is 60.5 Å². The lowest BCUT2D eigenvalue weighted by atomic mass is 9.81. The Morgan fingerprint density at radius 1 is 0.913 bits per heavy atom. The molecule has 0 radical (unpaired) electrons. The first kappa shape index (κ1) is 30.4. The highest BCUT2D eigenvalue weighted by Gasteiger charge is 2.47. The van der Waals surface area contributed by atoms with E-state index in [9.17, 15) is 4.79 Å². The predicted octanol–water partition coefficient (Wildman–Crippen LogP) is 8.84. The van der Waals surface area contributed by atoms with Gasteiger partial charge in [0.25, 0.3) is 0 Å². The summed E-state index contributed by atoms with van der Waals surface area (Å²) < 4.78 is 0. The molecule has 2 saturated heterocycles. The van der Waals surface area contributed by atoms with Crippen LogP contribution in [0.2, 0.25) is 0 Å². The van der Waals surface area contributed by atoms with Crippen molar-refractivity contribution < 1.29 is 4.79 Å². The van der Waals surface area contributed by atoms with Crippen molar-refractivity contribution in [2.24, 2.45) is 0 Å². The van der Waals surface area contributed by atoms with E-state index in [-0.39, 0.29) is 11.8 Å². The number of benzene rings is 3. The number of carbonyl (C=O) groups excluding carboxylic acids is 1. The SMILES string of the molecule is Cc1cc(C)cc(-c2[nH]c3ccc(C(C)(C)C(=O)N4C5CCC4CC5)cc3c2C(C)CNCc2ccc(-c3cccnc3)cc2)c1. The van der Waals surface area contributed by atoms with Gasteiger partial charge in [-0.2, -0.15) is 0 Å². The van der Waals surface area contributed by atoms with Gasteiger partial charge in [-0.05, 0) is 123 Å². The van der Waals surface area contributed by atoms with Gasteiger partial charge in [0.2, 0.25) is 5.91 Å². The molecule has 0 aliphatic carbocycles. The fourth-order valence-electron chi connectivity index (χ4n) is 8.03. The highest BCUT2D eigenvalue weighted by atomic mass is 16.2. The summed E-state index contributed by atoms with van der Waals surface area (Å²) in [6.07, 6.45) is 8.35. The first-order valence-electron chi connectivity index (χ1n) is 17.0. The van der Waals surface area contributed by atoms with Gasteiger partial charge in [0.05, 0.1) is 11.1 Å². The number of fused-ring (bicyclic) bond motifs is 3. The lowest BCUT2D eigenvalue weighted by molar-refractivity contribution is -0.137. The van der Waals surface area contributed by atoms with E-state index in [4.69, 9.17) is 0 Å². The smallest absolute Gasteiger partial charge is 0.233 e. The second-order valence-corrected chi connectivity index (χ2v) is 14.3. The molecule has 0 spiro atoms. The molecule has 7 rings (SSSR count). The molecule has 4 heterocycles. The number of aryl methyl sites for hydroxylation is 2. The van der Waals surface area contributed by atoms with Crippen LogP contribution in [0, 0.1) is 13.8 Å². The number of aromatic amines is 1. The van der Waals surface area contributed by atoms with Crippen molar-refractivity contribution in [2.75, 3.05) is 6.54 Å².